The number of benzene rings is 2. The van der Waals surface area contributed by atoms with Gasteiger partial charge in [-0.25, -0.2) is 4.79 Å². The van der Waals surface area contributed by atoms with Gasteiger partial charge in [-0.2, -0.15) is 8.78 Å². The van der Waals surface area contributed by atoms with Gasteiger partial charge in [0.25, 0.3) is 0 Å². The average molecular weight is 539 g/mol. The van der Waals surface area contributed by atoms with Gasteiger partial charge in [0.15, 0.2) is 5.75 Å². The maximum absolute atomic E-state index is 13.8. The van der Waals surface area contributed by atoms with Crippen molar-refractivity contribution in [1.29, 1.82) is 0 Å². The molecule has 1 aliphatic carbocycles. The van der Waals surface area contributed by atoms with E-state index in [-0.39, 0.29) is 46.8 Å². The minimum atomic E-state index is -3.13. The molecule has 0 saturated heterocycles. The molecular formula is C30H32F2N2O5. The molecule has 1 aliphatic heterocycles. The van der Waals surface area contributed by atoms with Gasteiger partial charge in [-0.05, 0) is 61.6 Å². The smallest absolute Gasteiger partial charge is 0.387 e. The predicted molar refractivity (Wildman–Crippen MR) is 143 cm³/mol. The van der Waals surface area contributed by atoms with Gasteiger partial charge in [0, 0.05) is 29.8 Å². The highest BCUT2D eigenvalue weighted by Gasteiger charge is 2.36. The summed E-state index contributed by atoms with van der Waals surface area (Å²) in [5.74, 6) is -0.831. The van der Waals surface area contributed by atoms with Gasteiger partial charge in [0.05, 0.1) is 23.6 Å². The van der Waals surface area contributed by atoms with Crippen LogP contribution in [-0.4, -0.2) is 34.6 Å². The van der Waals surface area contributed by atoms with Crippen LogP contribution >= 0.6 is 0 Å². The second kappa shape index (κ2) is 9.77. The minimum absolute atomic E-state index is 0.0334. The molecule has 9 heteroatoms. The number of carbonyl (C=O) groups is 2. The average Bonchev–Trinajstić information content (AvgIpc) is 3.66. The first-order chi connectivity index (χ1) is 18.4. The molecule has 39 heavy (non-hydrogen) atoms. The SMILES string of the molecule is CCOC(=O)c1cn(C2CC2)c2c(OC(F)F)c(-c3ccc4c(c3)CN(C(=O)C(C)(C)C)C4C)ccc2c1=O. The molecule has 2 heterocycles. The Morgan fingerprint density at radius 3 is 2.46 bits per heavy atom. The molecular weight excluding hydrogens is 506 g/mol. The second-order valence-corrected chi connectivity index (χ2v) is 11.2. The lowest BCUT2D eigenvalue weighted by molar-refractivity contribution is -0.141. The lowest BCUT2D eigenvalue weighted by Crippen LogP contribution is -2.37. The van der Waals surface area contributed by atoms with Crippen LogP contribution in [0.15, 0.2) is 41.3 Å². The Balaban J connectivity index is 1.67. The molecule has 2 aromatic carbocycles. The maximum atomic E-state index is 13.8. The number of carbonyl (C=O) groups excluding carboxylic acids is 2. The number of pyridine rings is 1. The van der Waals surface area contributed by atoms with Gasteiger partial charge < -0.3 is 18.9 Å². The number of fused-ring (bicyclic) bond motifs is 2. The summed E-state index contributed by atoms with van der Waals surface area (Å²) in [5.41, 5.74) is 1.92. The predicted octanol–water partition coefficient (Wildman–Crippen LogP) is 6.23. The van der Waals surface area contributed by atoms with Crippen LogP contribution in [0, 0.1) is 5.41 Å². The van der Waals surface area contributed by atoms with Crippen LogP contribution in [0.4, 0.5) is 8.78 Å². The summed E-state index contributed by atoms with van der Waals surface area (Å²) >= 11 is 0. The van der Waals surface area contributed by atoms with E-state index in [4.69, 9.17) is 9.47 Å². The van der Waals surface area contributed by atoms with E-state index in [9.17, 15) is 23.2 Å². The third kappa shape index (κ3) is 4.79. The summed E-state index contributed by atoms with van der Waals surface area (Å²) in [4.78, 5) is 40.7. The lowest BCUT2D eigenvalue weighted by atomic mass is 9.94. The highest BCUT2D eigenvalue weighted by atomic mass is 19.3. The Kier molecular flexibility index (Phi) is 6.73. The lowest BCUT2D eigenvalue weighted by Gasteiger charge is -2.29. The van der Waals surface area contributed by atoms with Crippen molar-refractivity contribution >= 4 is 22.8 Å². The fraction of sp³-hybridized carbons (Fsp3) is 0.433. The molecule has 1 atom stereocenters. The number of halogens is 2. The van der Waals surface area contributed by atoms with Crippen LogP contribution in [0.2, 0.25) is 0 Å². The van der Waals surface area contributed by atoms with Crippen molar-refractivity contribution in [3.8, 4) is 16.9 Å². The first kappa shape index (κ1) is 26.8. The fourth-order valence-electron chi connectivity index (χ4n) is 5.33. The molecule has 3 aromatic rings. The van der Waals surface area contributed by atoms with Crippen molar-refractivity contribution in [2.45, 2.75) is 72.7 Å². The van der Waals surface area contributed by atoms with Crippen molar-refractivity contribution in [2.75, 3.05) is 6.61 Å². The van der Waals surface area contributed by atoms with E-state index in [1.54, 1.807) is 23.6 Å². The van der Waals surface area contributed by atoms with Gasteiger partial charge in [-0.3, -0.25) is 9.59 Å². The number of hydrogen-bond donors (Lipinski definition) is 0. The number of amides is 1. The van der Waals surface area contributed by atoms with Crippen molar-refractivity contribution in [2.24, 2.45) is 5.41 Å². The summed E-state index contributed by atoms with van der Waals surface area (Å²) < 4.78 is 39.5. The fourth-order valence-corrected chi connectivity index (χ4v) is 5.33. The third-order valence-electron chi connectivity index (χ3n) is 7.40. The quantitative estimate of drug-likeness (QED) is 0.348. The first-order valence-corrected chi connectivity index (χ1v) is 13.2. The van der Waals surface area contributed by atoms with E-state index in [0.717, 1.165) is 24.0 Å². The molecule has 206 valence electrons. The first-order valence-electron chi connectivity index (χ1n) is 13.2. The van der Waals surface area contributed by atoms with Gasteiger partial charge in [-0.15, -0.1) is 0 Å². The monoisotopic (exact) mass is 538 g/mol. The number of ether oxygens (including phenoxy) is 2. The zero-order chi connectivity index (χ0) is 28.2. The van der Waals surface area contributed by atoms with Crippen LogP contribution < -0.4 is 10.2 Å². The molecule has 7 nitrogen and oxygen atoms in total. The Labute approximate surface area is 225 Å². The number of nitrogens with zero attached hydrogens (tertiary/aromatic N) is 2. The number of alkyl halides is 2. The van der Waals surface area contributed by atoms with Gasteiger partial charge in [0.2, 0.25) is 11.3 Å². The van der Waals surface area contributed by atoms with E-state index in [1.165, 1.54) is 6.20 Å². The highest BCUT2D eigenvalue weighted by Crippen LogP contribution is 2.45. The molecule has 1 amide bonds. The van der Waals surface area contributed by atoms with Crippen molar-refractivity contribution in [3.05, 3.63) is 63.4 Å². The molecule has 1 fully saturated rings. The van der Waals surface area contributed by atoms with E-state index < -0.39 is 23.4 Å². The number of esters is 1. The molecule has 0 spiro atoms. The summed E-state index contributed by atoms with van der Waals surface area (Å²) in [5, 5.41) is 0.114. The van der Waals surface area contributed by atoms with Gasteiger partial charge >= 0.3 is 12.6 Å². The zero-order valence-electron chi connectivity index (χ0n) is 22.7. The van der Waals surface area contributed by atoms with Crippen LogP contribution in [0.3, 0.4) is 0 Å². The summed E-state index contributed by atoms with van der Waals surface area (Å²) in [6, 6.07) is 8.61. The highest BCUT2D eigenvalue weighted by molar-refractivity contribution is 5.98. The van der Waals surface area contributed by atoms with Crippen molar-refractivity contribution < 1.29 is 27.8 Å². The zero-order valence-corrected chi connectivity index (χ0v) is 22.7. The maximum Gasteiger partial charge on any atom is 0.387 e. The molecule has 1 saturated carbocycles. The molecule has 1 aromatic heterocycles. The standard InChI is InChI=1S/C30H32F2N2O5/c1-6-38-27(36)23-15-34(19-8-9-19)24-22(25(23)35)12-11-21(26(24)39-29(31)32)17-7-10-20-16(2)33(14-18(20)13-17)28(37)30(3,4)5/h7,10-13,15-16,19,29H,6,8-9,14H2,1-5H3. The molecule has 1 unspecified atom stereocenters. The Hall–Kier alpha value is -3.75. The summed E-state index contributed by atoms with van der Waals surface area (Å²) in [6.45, 7) is 6.66. The molecule has 0 N–H and O–H groups in total. The molecule has 5 rings (SSSR count). The Morgan fingerprint density at radius 2 is 1.85 bits per heavy atom. The number of aromatic nitrogens is 1. The molecule has 0 bridgehead atoms. The second-order valence-electron chi connectivity index (χ2n) is 11.2. The van der Waals surface area contributed by atoms with Gasteiger partial charge in [0.1, 0.15) is 5.56 Å². The topological polar surface area (TPSA) is 77.8 Å². The van der Waals surface area contributed by atoms with Crippen molar-refractivity contribution in [3.63, 3.8) is 0 Å². The van der Waals surface area contributed by atoms with E-state index in [1.807, 2.05) is 50.8 Å². The largest absolute Gasteiger partial charge is 0.462 e. The number of hydrogen-bond acceptors (Lipinski definition) is 5. The van der Waals surface area contributed by atoms with Crippen LogP contribution in [0.5, 0.6) is 5.75 Å². The minimum Gasteiger partial charge on any atom is -0.462 e. The number of rotatable bonds is 6. The summed E-state index contributed by atoms with van der Waals surface area (Å²) in [6.07, 6.45) is 2.97. The normalized spacial score (nSPS) is 17.0. The molecule has 0 radical (unpaired) electrons. The van der Waals surface area contributed by atoms with E-state index in [2.05, 4.69) is 0 Å². The summed E-state index contributed by atoms with van der Waals surface area (Å²) in [7, 11) is 0. The third-order valence-corrected chi connectivity index (χ3v) is 7.40. The Morgan fingerprint density at radius 1 is 1.13 bits per heavy atom. The molecule has 2 aliphatic rings. The van der Waals surface area contributed by atoms with Crippen LogP contribution in [-0.2, 0) is 16.1 Å². The van der Waals surface area contributed by atoms with Gasteiger partial charge in [-0.1, -0.05) is 32.9 Å². The van der Waals surface area contributed by atoms with Crippen LogP contribution in [0.25, 0.3) is 22.0 Å². The van der Waals surface area contributed by atoms with Crippen LogP contribution in [0.1, 0.15) is 81.0 Å². The van der Waals surface area contributed by atoms with Crippen molar-refractivity contribution in [1.82, 2.24) is 9.47 Å². The van der Waals surface area contributed by atoms with E-state index >= 15 is 0 Å². The Bertz CT molecular complexity index is 1540. The van der Waals surface area contributed by atoms with E-state index in [0.29, 0.717) is 17.7 Å².